The number of benzene rings is 1. The van der Waals surface area contributed by atoms with E-state index in [1.54, 1.807) is 24.8 Å². The maximum Gasteiger partial charge on any atom is 0.270 e. The lowest BCUT2D eigenvalue weighted by Gasteiger charge is -2.38. The Kier molecular flexibility index (Phi) is 4.10. The lowest BCUT2D eigenvalue weighted by Crippen LogP contribution is -2.52. The molecule has 1 atom stereocenters. The molecule has 1 aliphatic heterocycles. The van der Waals surface area contributed by atoms with Crippen molar-refractivity contribution in [1.29, 1.82) is 0 Å². The van der Waals surface area contributed by atoms with Gasteiger partial charge in [0.2, 0.25) is 0 Å². The molecule has 0 bridgehead atoms. The van der Waals surface area contributed by atoms with Crippen molar-refractivity contribution in [3.63, 3.8) is 0 Å². The smallest absolute Gasteiger partial charge is 0.270 e. The predicted molar refractivity (Wildman–Crippen MR) is 85.5 cm³/mol. The lowest BCUT2D eigenvalue weighted by molar-refractivity contribution is -0.132. The Labute approximate surface area is 126 Å². The highest BCUT2D eigenvalue weighted by atomic mass is 16.5. The van der Waals surface area contributed by atoms with Crippen LogP contribution < -0.4 is 15.4 Å². The first kappa shape index (κ1) is 15.6. The summed E-state index contributed by atoms with van der Waals surface area (Å²) in [6, 6.07) is 5.76. The number of nitrogens with two attached hydrogens (primary N) is 1. The minimum absolute atomic E-state index is 0.0640. The predicted octanol–water partition coefficient (Wildman–Crippen LogP) is 3.03. The summed E-state index contributed by atoms with van der Waals surface area (Å²) in [5, 5.41) is 0. The van der Waals surface area contributed by atoms with E-state index in [1.165, 1.54) is 0 Å². The Morgan fingerprint density at radius 2 is 2.10 bits per heavy atom. The molecule has 4 heteroatoms. The van der Waals surface area contributed by atoms with Gasteiger partial charge >= 0.3 is 0 Å². The van der Waals surface area contributed by atoms with E-state index in [0.29, 0.717) is 18.2 Å². The van der Waals surface area contributed by atoms with Crippen molar-refractivity contribution in [2.45, 2.75) is 39.3 Å². The average molecular weight is 288 g/mol. The van der Waals surface area contributed by atoms with Crippen molar-refractivity contribution in [2.24, 2.45) is 11.7 Å². The van der Waals surface area contributed by atoms with Gasteiger partial charge in [-0.15, -0.1) is 6.58 Å². The number of nitrogens with zero attached hydrogens (tertiary/aromatic N) is 1. The number of hydrogen-bond acceptors (Lipinski definition) is 3. The number of amides is 1. The van der Waals surface area contributed by atoms with Crippen molar-refractivity contribution in [3.8, 4) is 5.75 Å². The number of fused-ring (bicyclic) bond motifs is 1. The van der Waals surface area contributed by atoms with Crippen LogP contribution in [0.1, 0.15) is 39.3 Å². The molecule has 2 rings (SSSR count). The molecule has 0 saturated carbocycles. The van der Waals surface area contributed by atoms with Crippen LogP contribution in [0.4, 0.5) is 5.69 Å². The SMILES string of the molecule is C=CCN1C(=O)C(C)(C)Oc2ccc(C(N)C(C)C)cc21. The van der Waals surface area contributed by atoms with Crippen LogP contribution in [0, 0.1) is 5.92 Å². The van der Waals surface area contributed by atoms with Crippen molar-refractivity contribution in [3.05, 3.63) is 36.4 Å². The van der Waals surface area contributed by atoms with Gasteiger partial charge in [0.15, 0.2) is 5.60 Å². The van der Waals surface area contributed by atoms with E-state index in [-0.39, 0.29) is 11.9 Å². The molecule has 21 heavy (non-hydrogen) atoms. The number of anilines is 1. The van der Waals surface area contributed by atoms with Gasteiger partial charge < -0.3 is 15.4 Å². The molecule has 0 aliphatic carbocycles. The van der Waals surface area contributed by atoms with E-state index < -0.39 is 5.60 Å². The van der Waals surface area contributed by atoms with E-state index in [9.17, 15) is 4.79 Å². The minimum atomic E-state index is -0.863. The van der Waals surface area contributed by atoms with E-state index in [0.717, 1.165) is 11.3 Å². The van der Waals surface area contributed by atoms with Crippen LogP contribution in [0.25, 0.3) is 0 Å². The highest BCUT2D eigenvalue weighted by molar-refractivity contribution is 6.02. The zero-order chi connectivity index (χ0) is 15.8. The molecule has 1 aliphatic rings. The maximum absolute atomic E-state index is 12.5. The van der Waals surface area contributed by atoms with Crippen LogP contribution >= 0.6 is 0 Å². The van der Waals surface area contributed by atoms with Gasteiger partial charge in [0.1, 0.15) is 5.75 Å². The summed E-state index contributed by atoms with van der Waals surface area (Å²) in [6.07, 6.45) is 1.72. The molecule has 114 valence electrons. The normalized spacial score (nSPS) is 18.2. The van der Waals surface area contributed by atoms with Crippen LogP contribution in [-0.4, -0.2) is 18.1 Å². The van der Waals surface area contributed by atoms with Gasteiger partial charge in [0.25, 0.3) is 5.91 Å². The summed E-state index contributed by atoms with van der Waals surface area (Å²) in [4.78, 5) is 14.2. The highest BCUT2D eigenvalue weighted by Gasteiger charge is 2.40. The van der Waals surface area contributed by atoms with Gasteiger partial charge in [-0.1, -0.05) is 26.0 Å². The third kappa shape index (κ3) is 2.81. The topological polar surface area (TPSA) is 55.6 Å². The second-order valence-electron chi connectivity index (χ2n) is 6.31. The number of hydrogen-bond donors (Lipinski definition) is 1. The van der Waals surface area contributed by atoms with Gasteiger partial charge in [-0.25, -0.2) is 0 Å². The number of rotatable bonds is 4. The Hall–Kier alpha value is -1.81. The van der Waals surface area contributed by atoms with Crippen LogP contribution in [0.5, 0.6) is 5.75 Å². The van der Waals surface area contributed by atoms with Crippen LogP contribution in [0.2, 0.25) is 0 Å². The molecule has 0 aromatic heterocycles. The first-order valence-corrected chi connectivity index (χ1v) is 7.29. The molecule has 0 saturated heterocycles. The fraction of sp³-hybridized carbons (Fsp3) is 0.471. The average Bonchev–Trinajstić information content (AvgIpc) is 2.42. The molecule has 2 N–H and O–H groups in total. The third-order valence-corrected chi connectivity index (χ3v) is 3.81. The molecule has 0 radical (unpaired) electrons. The fourth-order valence-corrected chi connectivity index (χ4v) is 2.49. The second-order valence-corrected chi connectivity index (χ2v) is 6.31. The van der Waals surface area contributed by atoms with E-state index >= 15 is 0 Å². The fourth-order valence-electron chi connectivity index (χ4n) is 2.49. The first-order chi connectivity index (χ1) is 9.77. The van der Waals surface area contributed by atoms with Crippen LogP contribution in [0.3, 0.4) is 0 Å². The van der Waals surface area contributed by atoms with Gasteiger partial charge in [0, 0.05) is 12.6 Å². The van der Waals surface area contributed by atoms with Crippen LogP contribution in [0.15, 0.2) is 30.9 Å². The van der Waals surface area contributed by atoms with E-state index in [2.05, 4.69) is 20.4 Å². The van der Waals surface area contributed by atoms with Gasteiger partial charge in [-0.2, -0.15) is 0 Å². The van der Waals surface area contributed by atoms with E-state index in [1.807, 2.05) is 18.2 Å². The summed E-state index contributed by atoms with van der Waals surface area (Å²) in [7, 11) is 0. The third-order valence-electron chi connectivity index (χ3n) is 3.81. The summed E-state index contributed by atoms with van der Waals surface area (Å²) in [5.74, 6) is 0.971. The molecular weight excluding hydrogens is 264 g/mol. The monoisotopic (exact) mass is 288 g/mol. The number of ether oxygens (including phenoxy) is 1. The quantitative estimate of drug-likeness (QED) is 0.866. The first-order valence-electron chi connectivity index (χ1n) is 7.29. The summed E-state index contributed by atoms with van der Waals surface area (Å²) in [5.41, 5.74) is 7.13. The zero-order valence-corrected chi connectivity index (χ0v) is 13.2. The summed E-state index contributed by atoms with van der Waals surface area (Å²) >= 11 is 0. The molecule has 0 fully saturated rings. The van der Waals surface area contributed by atoms with Gasteiger partial charge in [-0.3, -0.25) is 4.79 Å². The molecular formula is C17H24N2O2. The molecule has 1 aromatic rings. The number of carbonyl (C=O) groups is 1. The molecule has 4 nitrogen and oxygen atoms in total. The Bertz CT molecular complexity index is 564. The Morgan fingerprint density at radius 1 is 1.43 bits per heavy atom. The molecule has 1 amide bonds. The van der Waals surface area contributed by atoms with Crippen molar-refractivity contribution < 1.29 is 9.53 Å². The van der Waals surface area contributed by atoms with Crippen molar-refractivity contribution in [1.82, 2.24) is 0 Å². The zero-order valence-electron chi connectivity index (χ0n) is 13.2. The molecule has 1 heterocycles. The van der Waals surface area contributed by atoms with Gasteiger partial charge in [0.05, 0.1) is 5.69 Å². The van der Waals surface area contributed by atoms with E-state index in [4.69, 9.17) is 10.5 Å². The summed E-state index contributed by atoms with van der Waals surface area (Å²) in [6.45, 7) is 11.9. The molecule has 0 spiro atoms. The Morgan fingerprint density at radius 3 is 2.67 bits per heavy atom. The highest BCUT2D eigenvalue weighted by Crippen LogP contribution is 2.39. The standard InChI is InChI=1S/C17H24N2O2/c1-6-9-19-13-10-12(15(18)11(2)3)7-8-14(13)21-17(4,5)16(19)20/h6-8,10-11,15H,1,9,18H2,2-5H3. The second kappa shape index (κ2) is 5.53. The maximum atomic E-state index is 12.5. The molecule has 1 aromatic carbocycles. The number of carbonyl (C=O) groups excluding carboxylic acids is 1. The van der Waals surface area contributed by atoms with Crippen molar-refractivity contribution in [2.75, 3.05) is 11.4 Å². The van der Waals surface area contributed by atoms with Gasteiger partial charge in [-0.05, 0) is 37.5 Å². The van der Waals surface area contributed by atoms with Crippen LogP contribution in [-0.2, 0) is 4.79 Å². The summed E-state index contributed by atoms with van der Waals surface area (Å²) < 4.78 is 5.84. The minimum Gasteiger partial charge on any atom is -0.476 e. The van der Waals surface area contributed by atoms with Crippen molar-refractivity contribution >= 4 is 11.6 Å². The lowest BCUT2D eigenvalue weighted by atomic mass is 9.95. The molecule has 1 unspecified atom stereocenters. The largest absolute Gasteiger partial charge is 0.476 e. The Balaban J connectivity index is 2.50.